The molecule has 0 saturated carbocycles. The summed E-state index contributed by atoms with van der Waals surface area (Å²) in [6.07, 6.45) is 1.85. The molecule has 3 rings (SSSR count). The Bertz CT molecular complexity index is 880. The van der Waals surface area contributed by atoms with Crippen molar-refractivity contribution in [2.45, 2.75) is 13.3 Å². The summed E-state index contributed by atoms with van der Waals surface area (Å²) in [6.45, 7) is 1.92. The van der Waals surface area contributed by atoms with Crippen LogP contribution in [0.2, 0.25) is 5.02 Å². The number of hydrogen-bond acceptors (Lipinski definition) is 5. The molecule has 2 aromatic heterocycles. The number of hydrogen-bond donors (Lipinski definition) is 1. The van der Waals surface area contributed by atoms with Gasteiger partial charge in [-0.25, -0.2) is 15.8 Å². The largest absolute Gasteiger partial charge is 0.273 e. The lowest BCUT2D eigenvalue weighted by Crippen LogP contribution is -2.38. The summed E-state index contributed by atoms with van der Waals surface area (Å²) in [7, 11) is 0. The van der Waals surface area contributed by atoms with Gasteiger partial charge in [0.1, 0.15) is 0 Å². The number of anilines is 1. The van der Waals surface area contributed by atoms with Crippen molar-refractivity contribution in [2.24, 2.45) is 5.84 Å². The van der Waals surface area contributed by atoms with Gasteiger partial charge < -0.3 is 0 Å². The SMILES string of the molecule is Cc1cc(-c2csc(N(N)C(=O)Cc3ccccc3Cl)n2)ccn1. The highest BCUT2D eigenvalue weighted by Crippen LogP contribution is 2.27. The van der Waals surface area contributed by atoms with Gasteiger partial charge in [-0.2, -0.15) is 0 Å². The summed E-state index contributed by atoms with van der Waals surface area (Å²) in [6, 6.07) is 11.0. The molecule has 7 heteroatoms. The summed E-state index contributed by atoms with van der Waals surface area (Å²) in [5, 5.41) is 3.93. The first-order valence-electron chi connectivity index (χ1n) is 7.24. The van der Waals surface area contributed by atoms with E-state index >= 15 is 0 Å². The second kappa shape index (κ2) is 7.09. The molecule has 2 heterocycles. The van der Waals surface area contributed by atoms with Gasteiger partial charge in [0.2, 0.25) is 11.0 Å². The second-order valence-corrected chi connectivity index (χ2v) is 6.48. The van der Waals surface area contributed by atoms with Gasteiger partial charge in [-0.15, -0.1) is 11.3 Å². The molecule has 122 valence electrons. The second-order valence-electron chi connectivity index (χ2n) is 5.23. The number of halogens is 1. The van der Waals surface area contributed by atoms with Gasteiger partial charge >= 0.3 is 0 Å². The Labute approximate surface area is 148 Å². The Balaban J connectivity index is 1.77. The average molecular weight is 359 g/mol. The Hall–Kier alpha value is -2.28. The number of carbonyl (C=O) groups excluding carboxylic acids is 1. The zero-order valence-corrected chi connectivity index (χ0v) is 14.5. The zero-order valence-electron chi connectivity index (χ0n) is 12.9. The van der Waals surface area contributed by atoms with Crippen molar-refractivity contribution in [3.05, 3.63) is 64.3 Å². The van der Waals surface area contributed by atoms with Crippen LogP contribution in [0.25, 0.3) is 11.3 Å². The number of rotatable bonds is 4. The third-order valence-corrected chi connectivity index (χ3v) is 4.67. The molecule has 0 aliphatic heterocycles. The Morgan fingerprint density at radius 3 is 2.88 bits per heavy atom. The third kappa shape index (κ3) is 3.62. The van der Waals surface area contributed by atoms with E-state index in [0.717, 1.165) is 27.5 Å². The van der Waals surface area contributed by atoms with Gasteiger partial charge in [0.15, 0.2) is 0 Å². The molecule has 3 aromatic rings. The van der Waals surface area contributed by atoms with E-state index in [2.05, 4.69) is 9.97 Å². The summed E-state index contributed by atoms with van der Waals surface area (Å²) < 4.78 is 0. The number of pyridine rings is 1. The molecule has 0 aliphatic carbocycles. The molecule has 0 unspecified atom stereocenters. The molecule has 0 aliphatic rings. The van der Waals surface area contributed by atoms with E-state index in [1.165, 1.54) is 11.3 Å². The van der Waals surface area contributed by atoms with Crippen LogP contribution in [-0.2, 0) is 11.2 Å². The first-order valence-corrected chi connectivity index (χ1v) is 8.50. The quantitative estimate of drug-likeness (QED) is 0.439. The first-order chi connectivity index (χ1) is 11.5. The molecule has 0 atom stereocenters. The minimum atomic E-state index is -0.269. The molecule has 1 aromatic carbocycles. The Morgan fingerprint density at radius 2 is 2.12 bits per heavy atom. The van der Waals surface area contributed by atoms with E-state index in [-0.39, 0.29) is 12.3 Å². The van der Waals surface area contributed by atoms with Crippen molar-refractivity contribution in [3.8, 4) is 11.3 Å². The predicted molar refractivity (Wildman–Crippen MR) is 96.9 cm³/mol. The molecule has 0 spiro atoms. The van der Waals surface area contributed by atoms with Gasteiger partial charge in [-0.05, 0) is 30.7 Å². The summed E-state index contributed by atoms with van der Waals surface area (Å²) in [4.78, 5) is 21.0. The minimum absolute atomic E-state index is 0.124. The maximum absolute atomic E-state index is 12.4. The molecule has 0 radical (unpaired) electrons. The number of aromatic nitrogens is 2. The van der Waals surface area contributed by atoms with Crippen molar-refractivity contribution in [1.29, 1.82) is 0 Å². The van der Waals surface area contributed by atoms with E-state index in [9.17, 15) is 4.79 Å². The van der Waals surface area contributed by atoms with Gasteiger partial charge in [-0.3, -0.25) is 9.78 Å². The number of nitrogens with two attached hydrogens (primary N) is 1. The summed E-state index contributed by atoms with van der Waals surface area (Å²) in [5.74, 6) is 5.67. The van der Waals surface area contributed by atoms with Gasteiger partial charge in [0.05, 0.1) is 12.1 Å². The zero-order chi connectivity index (χ0) is 17.1. The van der Waals surface area contributed by atoms with Gasteiger partial charge in [-0.1, -0.05) is 29.8 Å². The van der Waals surface area contributed by atoms with Crippen LogP contribution in [0.3, 0.4) is 0 Å². The molecule has 2 N–H and O–H groups in total. The van der Waals surface area contributed by atoms with Crippen molar-refractivity contribution >= 4 is 34.0 Å². The summed E-state index contributed by atoms with van der Waals surface area (Å²) >= 11 is 7.40. The number of benzene rings is 1. The highest BCUT2D eigenvalue weighted by Gasteiger charge is 2.17. The number of hydrazine groups is 1. The highest BCUT2D eigenvalue weighted by molar-refractivity contribution is 7.14. The molecule has 0 bridgehead atoms. The molecule has 0 fully saturated rings. The van der Waals surface area contributed by atoms with E-state index in [0.29, 0.717) is 10.2 Å². The van der Waals surface area contributed by atoms with Crippen molar-refractivity contribution in [2.75, 3.05) is 5.01 Å². The lowest BCUT2D eigenvalue weighted by Gasteiger charge is -2.13. The number of aryl methyl sites for hydroxylation is 1. The number of amides is 1. The van der Waals surface area contributed by atoms with Crippen LogP contribution >= 0.6 is 22.9 Å². The van der Waals surface area contributed by atoms with Crippen LogP contribution in [0.4, 0.5) is 5.13 Å². The van der Waals surface area contributed by atoms with Crippen LogP contribution in [0.1, 0.15) is 11.3 Å². The Kier molecular flexibility index (Phi) is 4.89. The smallest absolute Gasteiger partial charge is 0.247 e. The first kappa shape index (κ1) is 16.6. The van der Waals surface area contributed by atoms with Gasteiger partial charge in [0, 0.05) is 27.9 Å². The molecular formula is C17H15ClN4OS. The van der Waals surface area contributed by atoms with E-state index in [4.69, 9.17) is 17.4 Å². The Morgan fingerprint density at radius 1 is 1.33 bits per heavy atom. The maximum atomic E-state index is 12.4. The number of thiazole rings is 1. The fourth-order valence-electron chi connectivity index (χ4n) is 2.21. The lowest BCUT2D eigenvalue weighted by molar-refractivity contribution is -0.118. The van der Waals surface area contributed by atoms with Crippen molar-refractivity contribution in [3.63, 3.8) is 0 Å². The van der Waals surface area contributed by atoms with Crippen LogP contribution < -0.4 is 10.9 Å². The summed E-state index contributed by atoms with van der Waals surface area (Å²) in [5.41, 5.74) is 3.35. The predicted octanol–water partition coefficient (Wildman–Crippen LogP) is 3.62. The molecule has 5 nitrogen and oxygen atoms in total. The minimum Gasteiger partial charge on any atom is -0.273 e. The average Bonchev–Trinajstić information content (AvgIpc) is 3.06. The normalized spacial score (nSPS) is 10.6. The van der Waals surface area contributed by atoms with Gasteiger partial charge in [0.25, 0.3) is 0 Å². The van der Waals surface area contributed by atoms with E-state index < -0.39 is 0 Å². The highest BCUT2D eigenvalue weighted by atomic mass is 35.5. The molecule has 0 saturated heterocycles. The standard InChI is InChI=1S/C17H15ClN4OS/c1-11-8-13(6-7-20-11)15-10-24-17(21-15)22(19)16(23)9-12-4-2-3-5-14(12)18/h2-8,10H,9,19H2,1H3. The third-order valence-electron chi connectivity index (χ3n) is 3.46. The molecule has 1 amide bonds. The van der Waals surface area contributed by atoms with Crippen LogP contribution in [0, 0.1) is 6.92 Å². The number of nitrogens with zero attached hydrogens (tertiary/aromatic N) is 3. The van der Waals surface area contributed by atoms with Crippen LogP contribution in [-0.4, -0.2) is 15.9 Å². The molecule has 24 heavy (non-hydrogen) atoms. The van der Waals surface area contributed by atoms with Crippen LogP contribution in [0.15, 0.2) is 48.0 Å². The van der Waals surface area contributed by atoms with E-state index in [1.54, 1.807) is 18.3 Å². The maximum Gasteiger partial charge on any atom is 0.247 e. The topological polar surface area (TPSA) is 72.1 Å². The van der Waals surface area contributed by atoms with Crippen molar-refractivity contribution < 1.29 is 4.79 Å². The number of carbonyl (C=O) groups is 1. The van der Waals surface area contributed by atoms with E-state index in [1.807, 2.05) is 36.6 Å². The molecular weight excluding hydrogens is 344 g/mol. The fraction of sp³-hybridized carbons (Fsp3) is 0.118. The monoisotopic (exact) mass is 358 g/mol. The lowest BCUT2D eigenvalue weighted by atomic mass is 10.1. The van der Waals surface area contributed by atoms with Crippen LogP contribution in [0.5, 0.6) is 0 Å². The fourth-order valence-corrected chi connectivity index (χ4v) is 3.18. The van der Waals surface area contributed by atoms with Crippen molar-refractivity contribution in [1.82, 2.24) is 9.97 Å².